The Labute approximate surface area is 148 Å². The minimum Gasteiger partial charge on any atom is -0.444 e. The monoisotopic (exact) mass is 357 g/mol. The predicted molar refractivity (Wildman–Crippen MR) is 98.7 cm³/mol. The van der Waals surface area contributed by atoms with Crippen molar-refractivity contribution in [3.63, 3.8) is 0 Å². The quantitative estimate of drug-likeness (QED) is 0.542. The Morgan fingerprint density at radius 3 is 2.25 bits per heavy atom. The maximum Gasteiger partial charge on any atom is 0.410 e. The molecule has 0 aromatic heterocycles. The van der Waals surface area contributed by atoms with Gasteiger partial charge in [-0.2, -0.15) is 0 Å². The van der Waals surface area contributed by atoms with Crippen LogP contribution in [0.2, 0.25) is 18.1 Å². The number of carbonyl (C=O) groups excluding carboxylic acids is 2. The predicted octanol–water partition coefficient (Wildman–Crippen LogP) is 4.37. The van der Waals surface area contributed by atoms with E-state index in [2.05, 4.69) is 33.9 Å². The molecule has 1 aliphatic heterocycles. The van der Waals surface area contributed by atoms with Crippen molar-refractivity contribution in [3.05, 3.63) is 0 Å². The van der Waals surface area contributed by atoms with Crippen molar-refractivity contribution in [2.24, 2.45) is 0 Å². The number of ether oxygens (including phenoxy) is 1. The Bertz CT molecular complexity index is 451. The average Bonchev–Trinajstić information content (AvgIpc) is 2.75. The molecule has 0 spiro atoms. The number of hydrogen-bond acceptors (Lipinski definition) is 4. The Kier molecular flexibility index (Phi) is 6.67. The Morgan fingerprint density at radius 1 is 1.21 bits per heavy atom. The van der Waals surface area contributed by atoms with Crippen molar-refractivity contribution in [1.29, 1.82) is 0 Å². The zero-order valence-electron chi connectivity index (χ0n) is 16.6. The van der Waals surface area contributed by atoms with E-state index in [-0.39, 0.29) is 23.3 Å². The first kappa shape index (κ1) is 21.2. The number of likely N-dealkylation sites (tertiary alicyclic amines) is 1. The van der Waals surface area contributed by atoms with E-state index in [1.165, 1.54) is 0 Å². The summed E-state index contributed by atoms with van der Waals surface area (Å²) in [6.45, 7) is 17.2. The summed E-state index contributed by atoms with van der Waals surface area (Å²) in [7, 11) is -1.89. The van der Waals surface area contributed by atoms with Crippen LogP contribution in [0.3, 0.4) is 0 Å². The van der Waals surface area contributed by atoms with Gasteiger partial charge in [0.15, 0.2) is 8.32 Å². The van der Waals surface area contributed by atoms with E-state index in [0.717, 1.165) is 12.7 Å². The second kappa shape index (κ2) is 7.56. The van der Waals surface area contributed by atoms with Crippen molar-refractivity contribution in [2.45, 2.75) is 96.7 Å². The summed E-state index contributed by atoms with van der Waals surface area (Å²) in [4.78, 5) is 25.0. The molecule has 2 atom stereocenters. The third-order valence-corrected chi connectivity index (χ3v) is 9.42. The lowest BCUT2D eigenvalue weighted by atomic mass is 10.1. The van der Waals surface area contributed by atoms with E-state index in [1.54, 1.807) is 4.90 Å². The molecule has 0 unspecified atom stereocenters. The summed E-state index contributed by atoms with van der Waals surface area (Å²) >= 11 is 0. The van der Waals surface area contributed by atoms with Gasteiger partial charge in [0.1, 0.15) is 11.9 Å². The topological polar surface area (TPSA) is 55.8 Å². The van der Waals surface area contributed by atoms with Crippen molar-refractivity contribution in [3.8, 4) is 0 Å². The first-order valence-electron chi connectivity index (χ1n) is 8.88. The van der Waals surface area contributed by atoms with Gasteiger partial charge in [-0.15, -0.1) is 0 Å². The third-order valence-electron chi connectivity index (χ3n) is 4.89. The number of aldehydes is 1. The SMILES string of the molecule is CC(C)(C)OC(=O)N1C[C@H](O[Si](C)(C)C(C)(C)C)C[C@H]1CCC=O. The minimum atomic E-state index is -1.89. The van der Waals surface area contributed by atoms with Gasteiger partial charge >= 0.3 is 6.09 Å². The molecule has 1 rings (SSSR count). The Balaban J connectivity index is 2.83. The van der Waals surface area contributed by atoms with E-state index in [4.69, 9.17) is 9.16 Å². The van der Waals surface area contributed by atoms with Crippen LogP contribution in [0.25, 0.3) is 0 Å². The van der Waals surface area contributed by atoms with Crippen LogP contribution in [-0.4, -0.2) is 49.9 Å². The molecule has 5 nitrogen and oxygen atoms in total. The molecule has 1 saturated heterocycles. The third kappa shape index (κ3) is 5.88. The van der Waals surface area contributed by atoms with E-state index in [1.807, 2.05) is 20.8 Å². The largest absolute Gasteiger partial charge is 0.444 e. The highest BCUT2D eigenvalue weighted by atomic mass is 28.4. The number of nitrogens with zero attached hydrogens (tertiary/aromatic N) is 1. The highest BCUT2D eigenvalue weighted by molar-refractivity contribution is 6.74. The van der Waals surface area contributed by atoms with Gasteiger partial charge in [-0.25, -0.2) is 4.79 Å². The first-order chi connectivity index (χ1) is 10.8. The summed E-state index contributed by atoms with van der Waals surface area (Å²) in [5.74, 6) is 0. The van der Waals surface area contributed by atoms with Crippen LogP contribution >= 0.6 is 0 Å². The fourth-order valence-electron chi connectivity index (χ4n) is 2.63. The summed E-state index contributed by atoms with van der Waals surface area (Å²) in [5, 5.41) is 0.130. The number of amides is 1. The van der Waals surface area contributed by atoms with Gasteiger partial charge in [0.25, 0.3) is 0 Å². The lowest BCUT2D eigenvalue weighted by Gasteiger charge is -2.38. The van der Waals surface area contributed by atoms with Crippen LogP contribution < -0.4 is 0 Å². The van der Waals surface area contributed by atoms with Crippen molar-refractivity contribution < 1.29 is 18.8 Å². The summed E-state index contributed by atoms with van der Waals surface area (Å²) < 4.78 is 12.0. The van der Waals surface area contributed by atoms with E-state index in [9.17, 15) is 9.59 Å². The molecule has 0 aliphatic carbocycles. The van der Waals surface area contributed by atoms with E-state index < -0.39 is 13.9 Å². The molecular weight excluding hydrogens is 322 g/mol. The van der Waals surface area contributed by atoms with Crippen molar-refractivity contribution in [1.82, 2.24) is 4.90 Å². The molecule has 1 heterocycles. The van der Waals surface area contributed by atoms with Crippen LogP contribution in [0.4, 0.5) is 4.79 Å². The van der Waals surface area contributed by atoms with E-state index in [0.29, 0.717) is 19.4 Å². The minimum absolute atomic E-state index is 0.0137. The first-order valence-corrected chi connectivity index (χ1v) is 11.8. The number of carbonyl (C=O) groups is 2. The molecule has 0 bridgehead atoms. The Hall–Kier alpha value is -0.883. The standard InChI is InChI=1S/C18H35NO4Si/c1-17(2,3)22-16(21)19-13-15(12-14(19)10-9-11-20)23-24(7,8)18(4,5)6/h11,14-15H,9-10,12-13H2,1-8H3/t14-,15-/m1/s1. The molecule has 0 aromatic carbocycles. The molecule has 140 valence electrons. The lowest BCUT2D eigenvalue weighted by molar-refractivity contribution is -0.108. The molecule has 1 aliphatic rings. The van der Waals surface area contributed by atoms with Crippen LogP contribution in [0.1, 0.15) is 60.8 Å². The summed E-state index contributed by atoms with van der Waals surface area (Å²) in [5.41, 5.74) is -0.523. The smallest absolute Gasteiger partial charge is 0.410 e. The normalized spacial score (nSPS) is 22.6. The zero-order valence-corrected chi connectivity index (χ0v) is 17.6. The maximum atomic E-state index is 12.5. The molecule has 1 fully saturated rings. The van der Waals surface area contributed by atoms with Gasteiger partial charge < -0.3 is 18.9 Å². The van der Waals surface area contributed by atoms with Gasteiger partial charge in [-0.1, -0.05) is 20.8 Å². The number of hydrogen-bond donors (Lipinski definition) is 0. The molecule has 0 radical (unpaired) electrons. The van der Waals surface area contributed by atoms with Gasteiger partial charge in [0.05, 0.1) is 6.10 Å². The second-order valence-electron chi connectivity index (χ2n) is 9.27. The maximum absolute atomic E-state index is 12.5. The average molecular weight is 358 g/mol. The fourth-order valence-corrected chi connectivity index (χ4v) is 3.99. The van der Waals surface area contributed by atoms with Gasteiger partial charge in [-0.05, 0) is 51.7 Å². The highest BCUT2D eigenvalue weighted by Gasteiger charge is 2.44. The van der Waals surface area contributed by atoms with Crippen molar-refractivity contribution in [2.75, 3.05) is 6.54 Å². The van der Waals surface area contributed by atoms with E-state index >= 15 is 0 Å². The van der Waals surface area contributed by atoms with Crippen LogP contribution in [0, 0.1) is 0 Å². The second-order valence-corrected chi connectivity index (χ2v) is 14.0. The molecule has 6 heteroatoms. The summed E-state index contributed by atoms with van der Waals surface area (Å²) in [6.07, 6.45) is 2.53. The highest BCUT2D eigenvalue weighted by Crippen LogP contribution is 2.39. The molecule has 0 N–H and O–H groups in total. The Morgan fingerprint density at radius 2 is 1.79 bits per heavy atom. The molecule has 24 heavy (non-hydrogen) atoms. The lowest BCUT2D eigenvalue weighted by Crippen LogP contribution is -2.45. The van der Waals surface area contributed by atoms with Crippen LogP contribution in [0.5, 0.6) is 0 Å². The van der Waals surface area contributed by atoms with Crippen molar-refractivity contribution >= 4 is 20.7 Å². The van der Waals surface area contributed by atoms with Gasteiger partial charge in [0.2, 0.25) is 0 Å². The van der Waals surface area contributed by atoms with Crippen LogP contribution in [0.15, 0.2) is 0 Å². The summed E-state index contributed by atoms with van der Waals surface area (Å²) in [6, 6.07) is 0.0137. The van der Waals surface area contributed by atoms with Gasteiger partial charge in [0, 0.05) is 19.0 Å². The number of rotatable bonds is 5. The zero-order chi connectivity index (χ0) is 18.8. The molecule has 1 amide bonds. The van der Waals surface area contributed by atoms with Crippen LogP contribution in [-0.2, 0) is 14.0 Å². The molecule has 0 saturated carbocycles. The molecule has 0 aromatic rings. The van der Waals surface area contributed by atoms with Gasteiger partial charge in [-0.3, -0.25) is 0 Å². The molecular formula is C18H35NO4Si. The fraction of sp³-hybridized carbons (Fsp3) is 0.889.